The van der Waals surface area contributed by atoms with E-state index in [0.29, 0.717) is 0 Å². The van der Waals surface area contributed by atoms with Crippen molar-refractivity contribution in [2.24, 2.45) is 5.41 Å². The highest BCUT2D eigenvalue weighted by atomic mass is 32.2. The summed E-state index contributed by atoms with van der Waals surface area (Å²) in [6.45, 7) is 1.02. The number of halogens is 5. The highest BCUT2D eigenvalue weighted by Gasteiger charge is 2.57. The average Bonchev–Trinajstić information content (AvgIpc) is 3.40. The third-order valence-corrected chi connectivity index (χ3v) is 7.41. The number of nitriles is 1. The molecule has 36 heavy (non-hydrogen) atoms. The number of alkyl halides is 5. The zero-order chi connectivity index (χ0) is 26.9. The Morgan fingerprint density at radius 2 is 2.00 bits per heavy atom. The summed E-state index contributed by atoms with van der Waals surface area (Å²) in [5, 5.41) is 27.0. The molecule has 2 aromatic heterocycles. The van der Waals surface area contributed by atoms with Gasteiger partial charge in [-0.2, -0.15) is 28.3 Å². The number of rotatable bonds is 6. The number of pyridine rings is 1. The van der Waals surface area contributed by atoms with Gasteiger partial charge in [-0.25, -0.2) is 17.8 Å². The Balaban J connectivity index is 1.82. The van der Waals surface area contributed by atoms with Crippen LogP contribution >= 0.6 is 0 Å². The molecule has 15 heteroatoms. The molecule has 0 aromatic carbocycles. The summed E-state index contributed by atoms with van der Waals surface area (Å²) in [6.07, 6.45) is -4.34. The largest absolute Gasteiger partial charge is 0.618 e. The van der Waals surface area contributed by atoms with Crippen molar-refractivity contribution in [3.63, 3.8) is 0 Å². The number of amides is 1. The van der Waals surface area contributed by atoms with Crippen LogP contribution in [0.1, 0.15) is 54.4 Å². The molecule has 4 rings (SSSR count). The smallest absolute Gasteiger partial charge is 0.420 e. The number of carbonyl (C=O) groups is 1. The molecular formula is C21H21F5N6O3S. The van der Waals surface area contributed by atoms with Gasteiger partial charge in [-0.05, 0) is 18.3 Å². The Kier molecular flexibility index (Phi) is 5.63. The summed E-state index contributed by atoms with van der Waals surface area (Å²) in [7, 11) is -3.54. The molecule has 2 fully saturated rings. The predicted molar refractivity (Wildman–Crippen MR) is 114 cm³/mol. The van der Waals surface area contributed by atoms with Gasteiger partial charge in [0.2, 0.25) is 5.92 Å². The van der Waals surface area contributed by atoms with Crippen molar-refractivity contribution in [3.05, 3.63) is 40.5 Å². The molecule has 1 atom stereocenters. The number of hydrogen-bond donors (Lipinski definition) is 2. The fourth-order valence-corrected chi connectivity index (χ4v) is 5.38. The first-order chi connectivity index (χ1) is 16.4. The second-order valence-electron chi connectivity index (χ2n) is 9.82. The number of nitrogens with zero attached hydrogens (tertiary/aromatic N) is 4. The van der Waals surface area contributed by atoms with Crippen LogP contribution in [0.5, 0.6) is 0 Å². The van der Waals surface area contributed by atoms with Gasteiger partial charge in [-0.3, -0.25) is 9.48 Å². The lowest BCUT2D eigenvalue weighted by molar-refractivity contribution is -0.646. The first kappa shape index (κ1) is 25.8. The van der Waals surface area contributed by atoms with Crippen LogP contribution in [0.3, 0.4) is 0 Å². The van der Waals surface area contributed by atoms with E-state index in [0.717, 1.165) is 29.3 Å². The molecule has 9 nitrogen and oxygen atoms in total. The van der Waals surface area contributed by atoms with Crippen molar-refractivity contribution >= 4 is 21.3 Å². The van der Waals surface area contributed by atoms with Crippen LogP contribution in [0.4, 0.5) is 27.6 Å². The van der Waals surface area contributed by atoms with Crippen LogP contribution in [0, 0.1) is 26.7 Å². The number of nitrogens with one attached hydrogen (secondary N) is 2. The predicted octanol–water partition coefficient (Wildman–Crippen LogP) is 3.81. The summed E-state index contributed by atoms with van der Waals surface area (Å²) in [5.41, 5.74) is -5.91. The van der Waals surface area contributed by atoms with Crippen LogP contribution in [-0.4, -0.2) is 32.1 Å². The third kappa shape index (κ3) is 4.61. The minimum absolute atomic E-state index is 0.0971. The maximum Gasteiger partial charge on any atom is 0.420 e. The molecule has 2 saturated carbocycles. The average molecular weight is 532 g/mol. The summed E-state index contributed by atoms with van der Waals surface area (Å²) >= 11 is 0. The van der Waals surface area contributed by atoms with Gasteiger partial charge >= 0.3 is 6.18 Å². The van der Waals surface area contributed by atoms with E-state index in [4.69, 9.17) is 4.78 Å². The fraction of sp³-hybridized carbons (Fsp3) is 0.524. The van der Waals surface area contributed by atoms with Crippen molar-refractivity contribution in [3.8, 4) is 6.07 Å². The van der Waals surface area contributed by atoms with Crippen LogP contribution in [0.25, 0.3) is 0 Å². The molecule has 0 bridgehead atoms. The Bertz CT molecular complexity index is 1400. The number of aromatic nitrogens is 3. The van der Waals surface area contributed by atoms with Crippen molar-refractivity contribution in [2.45, 2.75) is 61.7 Å². The number of anilines is 1. The van der Waals surface area contributed by atoms with Gasteiger partial charge in [0, 0.05) is 37.8 Å². The highest BCUT2D eigenvalue weighted by Crippen LogP contribution is 2.54. The molecule has 1 unspecified atom stereocenters. The van der Waals surface area contributed by atoms with E-state index >= 15 is 0 Å². The molecule has 2 heterocycles. The molecule has 2 aliphatic rings. The van der Waals surface area contributed by atoms with E-state index in [-0.39, 0.29) is 23.3 Å². The van der Waals surface area contributed by atoms with Crippen molar-refractivity contribution in [1.29, 1.82) is 10.0 Å². The van der Waals surface area contributed by atoms with E-state index in [1.807, 2.05) is 6.07 Å². The Labute approximate surface area is 202 Å². The molecule has 0 radical (unpaired) electrons. The third-order valence-electron chi connectivity index (χ3n) is 6.31. The van der Waals surface area contributed by atoms with E-state index in [1.54, 1.807) is 0 Å². The summed E-state index contributed by atoms with van der Waals surface area (Å²) in [5.74, 6) is -4.30. The van der Waals surface area contributed by atoms with E-state index in [9.17, 15) is 41.4 Å². The van der Waals surface area contributed by atoms with Crippen molar-refractivity contribution in [2.75, 3.05) is 11.6 Å². The zero-order valence-corrected chi connectivity index (χ0v) is 19.9. The van der Waals surface area contributed by atoms with Gasteiger partial charge in [-0.15, -0.1) is 0 Å². The van der Waals surface area contributed by atoms with Gasteiger partial charge in [0.05, 0.1) is 17.5 Å². The SMILES string of the molecule is CC1(Cn2nc(C3(C#N)CC3)c(C(F)(F)F)c2C(=O)Nc2cc[n+]([O-])c(S(C)(=N)=O)c2)CC(F)(F)C1. The normalized spacial score (nSPS) is 21.1. The van der Waals surface area contributed by atoms with Gasteiger partial charge in [-0.1, -0.05) is 6.92 Å². The van der Waals surface area contributed by atoms with Crippen molar-refractivity contribution < 1.29 is 35.7 Å². The van der Waals surface area contributed by atoms with Crippen LogP contribution in [0.2, 0.25) is 0 Å². The quantitative estimate of drug-likeness (QED) is 0.331. The lowest BCUT2D eigenvalue weighted by atomic mass is 9.67. The standard InChI is InChI=1S/C21H21F5N6O3S/c1-18(8-20(22,23)9-18)11-31-15(14(21(24,25)26)16(30-31)19(10-27)4-5-19)17(33)29-12-3-6-32(34)13(7-12)36(2,28)35/h3,6-7,28H,4-5,8-9,11H2,1-2H3,(H,29,33). The number of carbonyl (C=O) groups excluding carboxylic acids is 1. The maximum atomic E-state index is 14.3. The van der Waals surface area contributed by atoms with Gasteiger partial charge in [0.25, 0.3) is 10.9 Å². The zero-order valence-electron chi connectivity index (χ0n) is 19.1. The van der Waals surface area contributed by atoms with Gasteiger partial charge < -0.3 is 10.5 Å². The Hall–Kier alpha value is -3.28. The van der Waals surface area contributed by atoms with E-state index in [2.05, 4.69) is 10.4 Å². The highest BCUT2D eigenvalue weighted by molar-refractivity contribution is 7.91. The monoisotopic (exact) mass is 532 g/mol. The second kappa shape index (κ2) is 7.86. The Morgan fingerprint density at radius 1 is 1.39 bits per heavy atom. The van der Waals surface area contributed by atoms with Gasteiger partial charge in [0.15, 0.2) is 6.20 Å². The second-order valence-corrected chi connectivity index (χ2v) is 11.9. The molecule has 2 N–H and O–H groups in total. The molecule has 0 spiro atoms. The fourth-order valence-electron chi connectivity index (χ4n) is 4.63. The molecule has 1 amide bonds. The minimum Gasteiger partial charge on any atom is -0.618 e. The molecule has 2 aromatic rings. The van der Waals surface area contributed by atoms with Crippen LogP contribution in [0.15, 0.2) is 23.4 Å². The van der Waals surface area contributed by atoms with E-state index in [1.165, 1.54) is 6.92 Å². The molecule has 2 aliphatic carbocycles. The summed E-state index contributed by atoms with van der Waals surface area (Å²) in [4.78, 5) is 13.2. The maximum absolute atomic E-state index is 14.3. The lowest BCUT2D eigenvalue weighted by Gasteiger charge is -2.44. The molecular weight excluding hydrogens is 511 g/mol. The molecule has 0 saturated heterocycles. The van der Waals surface area contributed by atoms with Gasteiger partial charge in [0.1, 0.15) is 26.4 Å². The number of hydrogen-bond acceptors (Lipinski definition) is 6. The lowest BCUT2D eigenvalue weighted by Crippen LogP contribution is -2.47. The van der Waals surface area contributed by atoms with Crippen molar-refractivity contribution in [1.82, 2.24) is 9.78 Å². The Morgan fingerprint density at radius 3 is 2.47 bits per heavy atom. The first-order valence-corrected chi connectivity index (χ1v) is 12.6. The first-order valence-electron chi connectivity index (χ1n) is 10.7. The topological polar surface area (TPSA) is 139 Å². The minimum atomic E-state index is -5.10. The van der Waals surface area contributed by atoms with Crippen LogP contribution in [-0.2, 0) is 27.9 Å². The van der Waals surface area contributed by atoms with E-state index < -0.39 is 79.9 Å². The van der Waals surface area contributed by atoms with Crippen LogP contribution < -0.4 is 10.0 Å². The molecule has 0 aliphatic heterocycles. The summed E-state index contributed by atoms with van der Waals surface area (Å²) < 4.78 is 90.5. The summed E-state index contributed by atoms with van der Waals surface area (Å²) in [6, 6.07) is 3.77. The molecule has 194 valence electrons.